The first kappa shape index (κ1) is 44.0. The zero-order valence-electron chi connectivity index (χ0n) is 36.4. The lowest BCUT2D eigenvalue weighted by Crippen LogP contribution is -2.48. The Kier molecular flexibility index (Phi) is 13.6. The third-order valence-corrected chi connectivity index (χ3v) is 20.1. The van der Waals surface area contributed by atoms with Gasteiger partial charge < -0.3 is 28.4 Å². The van der Waals surface area contributed by atoms with Crippen LogP contribution in [0, 0.1) is 0 Å². The molecule has 0 N–H and O–H groups in total. The summed E-state index contributed by atoms with van der Waals surface area (Å²) in [6, 6.07) is 4.63. The molecule has 5 heterocycles. The van der Waals surface area contributed by atoms with Crippen LogP contribution in [0.15, 0.2) is 18.5 Å². The van der Waals surface area contributed by atoms with Crippen molar-refractivity contribution in [1.29, 1.82) is 0 Å². The van der Waals surface area contributed by atoms with Crippen LogP contribution in [0.4, 0.5) is 10.6 Å². The Morgan fingerprint density at radius 2 is 1.47 bits per heavy atom. The van der Waals surface area contributed by atoms with Crippen molar-refractivity contribution in [3.05, 3.63) is 29.2 Å². The summed E-state index contributed by atoms with van der Waals surface area (Å²) in [7, 11) is -4.48. The second kappa shape index (κ2) is 17.0. The summed E-state index contributed by atoms with van der Waals surface area (Å²) < 4.78 is 27.2. The minimum absolute atomic E-state index is 0.122. The summed E-state index contributed by atoms with van der Waals surface area (Å²) in [6.45, 7) is 34.1. The largest absolute Gasteiger partial charge is 0.444 e. The van der Waals surface area contributed by atoms with Gasteiger partial charge in [-0.25, -0.2) is 14.8 Å². The smallest absolute Gasteiger partial charge is 0.410 e. The number of nitrogens with zero attached hydrogens (tertiary/aromatic N) is 6. The zero-order valence-corrected chi connectivity index (χ0v) is 40.2. The van der Waals surface area contributed by atoms with E-state index in [1.807, 2.05) is 42.6 Å². The molecule has 308 valence electrons. The molecular formula is C40H70N6O5SSi3. The topological polar surface area (TPSA) is 104 Å². The van der Waals surface area contributed by atoms with Gasteiger partial charge >= 0.3 is 6.09 Å². The molecule has 2 aliphatic rings. The number of hydrogen-bond acceptors (Lipinski definition) is 10. The average Bonchev–Trinajstić information content (AvgIpc) is 3.76. The number of amides is 1. The highest BCUT2D eigenvalue weighted by Crippen LogP contribution is 2.45. The van der Waals surface area contributed by atoms with Crippen molar-refractivity contribution in [3.63, 3.8) is 0 Å². The van der Waals surface area contributed by atoms with E-state index in [2.05, 4.69) is 84.1 Å². The highest BCUT2D eigenvalue weighted by atomic mass is 32.1. The standard InChI is InChI=1S/C40H70N6O5SSi3/c1-39(2,3)51-38(47)45-30-15-16-31(45)22-29(21-30)33-23-36(44(27-48-17-19-53(7,8)9)28-49-18-20-54(10,11)12)46-37(43-33)32(24-42-46)34-25-41-35(52-34)26-50-55(13,14)40(4,5)6/h23-25,29-31H,15-22,26-28H2,1-14H3/t29-,30+,31-. The Hall–Kier alpha value is -2.15. The van der Waals surface area contributed by atoms with Crippen LogP contribution < -0.4 is 4.90 Å². The predicted octanol–water partition coefficient (Wildman–Crippen LogP) is 10.5. The lowest BCUT2D eigenvalue weighted by atomic mass is 9.88. The maximum absolute atomic E-state index is 13.4. The first-order valence-corrected chi connectivity index (χ1v) is 31.4. The Balaban J connectivity index is 1.51. The van der Waals surface area contributed by atoms with Crippen molar-refractivity contribution in [2.75, 3.05) is 31.6 Å². The Morgan fingerprint density at radius 1 is 0.891 bits per heavy atom. The molecule has 0 saturated carbocycles. The predicted molar refractivity (Wildman–Crippen MR) is 233 cm³/mol. The number of rotatable bonds is 16. The van der Waals surface area contributed by atoms with E-state index in [9.17, 15) is 4.79 Å². The molecule has 11 nitrogen and oxygen atoms in total. The molecule has 5 rings (SSSR count). The van der Waals surface area contributed by atoms with Crippen molar-refractivity contribution in [1.82, 2.24) is 24.5 Å². The Bertz CT molecular complexity index is 1720. The molecule has 2 bridgehead atoms. The fraction of sp³-hybridized carbons (Fsp3) is 0.750. The number of carbonyl (C=O) groups excluding carboxylic acids is 1. The van der Waals surface area contributed by atoms with Crippen LogP contribution in [-0.4, -0.2) is 99.4 Å². The second-order valence-corrected chi connectivity index (χ2v) is 37.8. The van der Waals surface area contributed by atoms with Gasteiger partial charge in [-0.1, -0.05) is 60.1 Å². The molecule has 0 spiro atoms. The minimum atomic E-state index is -1.93. The van der Waals surface area contributed by atoms with Crippen LogP contribution in [0.25, 0.3) is 16.1 Å². The molecule has 3 aromatic heterocycles. The van der Waals surface area contributed by atoms with Gasteiger partial charge in [0.15, 0.2) is 14.0 Å². The van der Waals surface area contributed by atoms with Crippen LogP contribution in [0.1, 0.15) is 83.8 Å². The third kappa shape index (κ3) is 11.7. The van der Waals surface area contributed by atoms with Crippen molar-refractivity contribution < 1.29 is 23.4 Å². The number of carbonyl (C=O) groups is 1. The minimum Gasteiger partial charge on any atom is -0.444 e. The van der Waals surface area contributed by atoms with Gasteiger partial charge in [-0.15, -0.1) is 11.3 Å². The van der Waals surface area contributed by atoms with Crippen molar-refractivity contribution in [3.8, 4) is 10.4 Å². The normalized spacial score (nSPS) is 19.7. The summed E-state index contributed by atoms with van der Waals surface area (Å²) in [4.78, 5) is 28.8. The summed E-state index contributed by atoms with van der Waals surface area (Å²) in [5.74, 6) is 1.08. The number of ether oxygens (including phenoxy) is 3. The number of fused-ring (bicyclic) bond motifs is 3. The van der Waals surface area contributed by atoms with Crippen molar-refractivity contribution in [2.45, 2.75) is 167 Å². The van der Waals surface area contributed by atoms with E-state index in [0.29, 0.717) is 33.3 Å². The number of thiazole rings is 1. The summed E-state index contributed by atoms with van der Waals surface area (Å²) >= 11 is 1.65. The lowest BCUT2D eigenvalue weighted by Gasteiger charge is -2.39. The molecule has 0 unspecified atom stereocenters. The van der Waals surface area contributed by atoms with Crippen molar-refractivity contribution in [2.24, 2.45) is 0 Å². The first-order valence-electron chi connectivity index (χ1n) is 20.3. The van der Waals surface area contributed by atoms with E-state index in [4.69, 9.17) is 33.7 Å². The molecule has 2 fully saturated rings. The maximum Gasteiger partial charge on any atom is 0.410 e. The van der Waals surface area contributed by atoms with Crippen LogP contribution in [0.2, 0.25) is 69.5 Å². The van der Waals surface area contributed by atoms with Crippen LogP contribution in [-0.2, 0) is 25.2 Å². The van der Waals surface area contributed by atoms with Crippen LogP contribution in [0.3, 0.4) is 0 Å². The third-order valence-electron chi connectivity index (χ3n) is 11.2. The first-order chi connectivity index (χ1) is 25.4. The SMILES string of the molecule is CC(C)(C)OC(=O)N1[C@@H]2CC[C@H]1C[C@@H](c1cc(N(COCC[Si](C)(C)C)COCC[Si](C)(C)C)n3ncc(-c4cnc(CO[Si](C)(C)C(C)(C)C)s4)c3n1)C2. The number of anilines is 1. The highest BCUT2D eigenvalue weighted by Gasteiger charge is 2.46. The van der Waals surface area contributed by atoms with E-state index >= 15 is 0 Å². The molecule has 3 atom stereocenters. The Labute approximate surface area is 338 Å². The van der Waals surface area contributed by atoms with Gasteiger partial charge in [0.05, 0.1) is 23.2 Å². The summed E-state index contributed by atoms with van der Waals surface area (Å²) in [5, 5.41) is 6.05. The van der Waals surface area contributed by atoms with E-state index < -0.39 is 30.1 Å². The van der Waals surface area contributed by atoms with E-state index in [0.717, 1.165) is 70.4 Å². The van der Waals surface area contributed by atoms with E-state index in [-0.39, 0.29) is 29.1 Å². The van der Waals surface area contributed by atoms with Gasteiger partial charge in [0, 0.05) is 65.3 Å². The molecule has 3 aromatic rings. The molecule has 1 amide bonds. The van der Waals surface area contributed by atoms with E-state index in [1.165, 1.54) is 0 Å². The number of hydrogen-bond donors (Lipinski definition) is 0. The lowest BCUT2D eigenvalue weighted by molar-refractivity contribution is 0.00568. The molecule has 0 aromatic carbocycles. The zero-order chi connectivity index (χ0) is 40.6. The average molecular weight is 831 g/mol. The summed E-state index contributed by atoms with van der Waals surface area (Å²) in [5.41, 5.74) is 2.24. The van der Waals surface area contributed by atoms with Crippen LogP contribution >= 0.6 is 11.3 Å². The quantitative estimate of drug-likeness (QED) is 0.0793. The molecule has 55 heavy (non-hydrogen) atoms. The Morgan fingerprint density at radius 3 is 2.00 bits per heavy atom. The second-order valence-electron chi connectivity index (χ2n) is 20.7. The molecule has 0 aliphatic carbocycles. The molecule has 2 saturated heterocycles. The monoisotopic (exact) mass is 830 g/mol. The van der Waals surface area contributed by atoms with Crippen molar-refractivity contribution >= 4 is 53.4 Å². The van der Waals surface area contributed by atoms with Crippen LogP contribution in [0.5, 0.6) is 0 Å². The van der Waals surface area contributed by atoms with Gasteiger partial charge in [-0.3, -0.25) is 0 Å². The van der Waals surface area contributed by atoms with E-state index in [1.54, 1.807) is 11.3 Å². The fourth-order valence-corrected chi connectivity index (χ4v) is 10.2. The molecular weight excluding hydrogens is 761 g/mol. The summed E-state index contributed by atoms with van der Waals surface area (Å²) in [6.07, 6.45) is 7.32. The number of piperidine rings is 1. The molecule has 15 heteroatoms. The van der Waals surface area contributed by atoms with Gasteiger partial charge in [0.1, 0.15) is 29.9 Å². The maximum atomic E-state index is 13.4. The van der Waals surface area contributed by atoms with Gasteiger partial charge in [0.2, 0.25) is 0 Å². The fourth-order valence-electron chi connectivity index (χ4n) is 6.84. The molecule has 0 radical (unpaired) electrons. The van der Waals surface area contributed by atoms with Gasteiger partial charge in [0.25, 0.3) is 0 Å². The molecule has 2 aliphatic heterocycles. The van der Waals surface area contributed by atoms with Gasteiger partial charge in [-0.05, 0) is 76.7 Å². The highest BCUT2D eigenvalue weighted by molar-refractivity contribution is 7.15. The number of aromatic nitrogens is 4. The van der Waals surface area contributed by atoms with Gasteiger partial charge in [-0.2, -0.15) is 9.61 Å².